The number of fused-ring (bicyclic) bond motifs is 3. The monoisotopic (exact) mass is 415 g/mol. The second kappa shape index (κ2) is 8.39. The molecular formula is C24H21N3O4. The molecule has 0 aliphatic heterocycles. The summed E-state index contributed by atoms with van der Waals surface area (Å²) in [6.07, 6.45) is 0.839. The predicted octanol–water partition coefficient (Wildman–Crippen LogP) is 5.23. The van der Waals surface area contributed by atoms with E-state index in [9.17, 15) is 14.9 Å². The summed E-state index contributed by atoms with van der Waals surface area (Å²) in [7, 11) is 0. The van der Waals surface area contributed by atoms with E-state index in [1.54, 1.807) is 19.1 Å². The van der Waals surface area contributed by atoms with E-state index in [-0.39, 0.29) is 10.6 Å². The summed E-state index contributed by atoms with van der Waals surface area (Å²) in [5.74, 6) is -0.492. The quantitative estimate of drug-likeness (QED) is 0.187. The Balaban J connectivity index is 1.84. The van der Waals surface area contributed by atoms with Gasteiger partial charge in [0.2, 0.25) is 0 Å². The maximum atomic E-state index is 11.4. The summed E-state index contributed by atoms with van der Waals surface area (Å²) in [5, 5.41) is 16.9. The predicted molar refractivity (Wildman–Crippen MR) is 120 cm³/mol. The Hall–Kier alpha value is -4.00. The third-order valence-corrected chi connectivity index (χ3v) is 5.26. The standard InChI is InChI=1S/C24H21N3O4/c1-16(25-31-17(2)28)19-8-10-23-21(14-19)22-15-20(27(29)30)9-11-24(22)26(23)13-12-18-6-4-3-5-7-18/h3-11,14-15H,12-13H2,1-2H3/b25-16+. The van der Waals surface area contributed by atoms with Gasteiger partial charge in [0.15, 0.2) is 0 Å². The Bertz CT molecular complexity index is 1320. The van der Waals surface area contributed by atoms with Crippen molar-refractivity contribution < 1.29 is 14.6 Å². The number of rotatable bonds is 6. The number of nitro benzene ring substituents is 1. The largest absolute Gasteiger partial charge is 0.340 e. The number of non-ortho nitro benzene ring substituents is 1. The minimum Gasteiger partial charge on any atom is -0.340 e. The highest BCUT2D eigenvalue weighted by atomic mass is 16.7. The molecule has 1 aromatic heterocycles. The van der Waals surface area contributed by atoms with Gasteiger partial charge in [-0.1, -0.05) is 41.6 Å². The van der Waals surface area contributed by atoms with Gasteiger partial charge in [-0.3, -0.25) is 10.1 Å². The second-order valence-corrected chi connectivity index (χ2v) is 7.34. The first-order valence-electron chi connectivity index (χ1n) is 9.91. The van der Waals surface area contributed by atoms with Crippen LogP contribution in [0, 0.1) is 10.1 Å². The molecule has 0 aliphatic rings. The molecule has 0 radical (unpaired) electrons. The molecule has 0 saturated heterocycles. The molecule has 0 saturated carbocycles. The van der Waals surface area contributed by atoms with E-state index in [1.165, 1.54) is 18.6 Å². The lowest BCUT2D eigenvalue weighted by atomic mass is 10.1. The lowest BCUT2D eigenvalue weighted by Gasteiger charge is -2.08. The average Bonchev–Trinajstić information content (AvgIpc) is 3.09. The molecule has 4 aromatic rings. The molecule has 31 heavy (non-hydrogen) atoms. The van der Waals surface area contributed by atoms with E-state index < -0.39 is 5.97 Å². The second-order valence-electron chi connectivity index (χ2n) is 7.34. The van der Waals surface area contributed by atoms with E-state index in [1.807, 2.05) is 36.4 Å². The number of nitro groups is 1. The van der Waals surface area contributed by atoms with Gasteiger partial charge < -0.3 is 9.40 Å². The van der Waals surface area contributed by atoms with Crippen LogP contribution in [0.25, 0.3) is 21.8 Å². The molecule has 0 N–H and O–H groups in total. The summed E-state index contributed by atoms with van der Waals surface area (Å²) in [5.41, 5.74) is 4.51. The van der Waals surface area contributed by atoms with Crippen LogP contribution in [0.3, 0.4) is 0 Å². The minimum atomic E-state index is -0.492. The number of nitrogens with zero attached hydrogens (tertiary/aromatic N) is 3. The molecule has 0 fully saturated rings. The maximum absolute atomic E-state index is 11.4. The van der Waals surface area contributed by atoms with Crippen molar-refractivity contribution in [2.75, 3.05) is 0 Å². The van der Waals surface area contributed by atoms with Crippen LogP contribution in [0.1, 0.15) is 25.0 Å². The van der Waals surface area contributed by atoms with Crippen LogP contribution in [0.5, 0.6) is 0 Å². The van der Waals surface area contributed by atoms with Crippen molar-refractivity contribution in [2.45, 2.75) is 26.8 Å². The molecule has 156 valence electrons. The smallest absolute Gasteiger partial charge is 0.331 e. The van der Waals surface area contributed by atoms with E-state index in [0.717, 1.165) is 40.3 Å². The summed E-state index contributed by atoms with van der Waals surface area (Å²) in [4.78, 5) is 26.8. The normalized spacial score (nSPS) is 11.7. The third-order valence-electron chi connectivity index (χ3n) is 5.26. The zero-order valence-corrected chi connectivity index (χ0v) is 17.2. The Kier molecular flexibility index (Phi) is 5.49. The van der Waals surface area contributed by atoms with E-state index in [2.05, 4.69) is 21.9 Å². The highest BCUT2D eigenvalue weighted by Gasteiger charge is 2.16. The molecule has 0 bridgehead atoms. The number of carbonyl (C=O) groups is 1. The van der Waals surface area contributed by atoms with Gasteiger partial charge in [0.25, 0.3) is 5.69 Å². The van der Waals surface area contributed by atoms with Crippen molar-refractivity contribution in [1.29, 1.82) is 0 Å². The number of carbonyl (C=O) groups excluding carboxylic acids is 1. The Labute approximate surface area is 178 Å². The Morgan fingerprint density at radius 1 is 1.00 bits per heavy atom. The van der Waals surface area contributed by atoms with Gasteiger partial charge in [-0.05, 0) is 42.7 Å². The SMILES string of the molecule is CC(=O)O/N=C(\C)c1ccc2c(c1)c1cc([N+](=O)[O-])ccc1n2CCc1ccccc1. The molecule has 7 heteroatoms. The van der Waals surface area contributed by atoms with Crippen LogP contribution in [0.2, 0.25) is 0 Å². The van der Waals surface area contributed by atoms with Crippen molar-refractivity contribution in [3.05, 3.63) is 88.0 Å². The van der Waals surface area contributed by atoms with Crippen molar-refractivity contribution in [3.63, 3.8) is 0 Å². The number of hydrogen-bond donors (Lipinski definition) is 0. The number of oxime groups is 1. The van der Waals surface area contributed by atoms with E-state index >= 15 is 0 Å². The topological polar surface area (TPSA) is 86.7 Å². The fourth-order valence-corrected chi connectivity index (χ4v) is 3.74. The van der Waals surface area contributed by atoms with Crippen LogP contribution in [0.15, 0.2) is 71.9 Å². The van der Waals surface area contributed by atoms with Crippen LogP contribution >= 0.6 is 0 Å². The van der Waals surface area contributed by atoms with Crippen molar-refractivity contribution in [2.24, 2.45) is 5.16 Å². The summed E-state index contributed by atoms with van der Waals surface area (Å²) in [6.45, 7) is 3.78. The molecule has 0 unspecified atom stereocenters. The molecule has 4 rings (SSSR count). The number of aromatic nitrogens is 1. The van der Waals surface area contributed by atoms with E-state index in [0.29, 0.717) is 5.71 Å². The fourth-order valence-electron chi connectivity index (χ4n) is 3.74. The van der Waals surface area contributed by atoms with Gasteiger partial charge in [-0.25, -0.2) is 4.79 Å². The molecule has 3 aromatic carbocycles. The zero-order chi connectivity index (χ0) is 22.0. The maximum Gasteiger partial charge on any atom is 0.331 e. The number of aryl methyl sites for hydroxylation is 2. The fraction of sp³-hybridized carbons (Fsp3) is 0.167. The Morgan fingerprint density at radius 2 is 1.68 bits per heavy atom. The van der Waals surface area contributed by atoms with Crippen LogP contribution in [0.4, 0.5) is 5.69 Å². The first kappa shape index (κ1) is 20.3. The number of hydrogen-bond acceptors (Lipinski definition) is 5. The first-order valence-corrected chi connectivity index (χ1v) is 9.91. The van der Waals surface area contributed by atoms with Gasteiger partial charge >= 0.3 is 5.97 Å². The third kappa shape index (κ3) is 4.16. The van der Waals surface area contributed by atoms with Gasteiger partial charge in [0, 0.05) is 47.4 Å². The van der Waals surface area contributed by atoms with Gasteiger partial charge in [0.1, 0.15) is 0 Å². The zero-order valence-electron chi connectivity index (χ0n) is 17.2. The van der Waals surface area contributed by atoms with Crippen molar-refractivity contribution >= 4 is 39.2 Å². The number of benzene rings is 3. The lowest BCUT2D eigenvalue weighted by molar-refractivity contribution is -0.384. The molecular weight excluding hydrogens is 394 g/mol. The van der Waals surface area contributed by atoms with Crippen LogP contribution < -0.4 is 0 Å². The van der Waals surface area contributed by atoms with Crippen LogP contribution in [-0.2, 0) is 22.6 Å². The lowest BCUT2D eigenvalue weighted by Crippen LogP contribution is -2.02. The Morgan fingerprint density at radius 3 is 2.35 bits per heavy atom. The molecule has 1 heterocycles. The molecule has 0 aliphatic carbocycles. The van der Waals surface area contributed by atoms with Gasteiger partial charge in [-0.15, -0.1) is 0 Å². The van der Waals surface area contributed by atoms with Crippen molar-refractivity contribution in [1.82, 2.24) is 4.57 Å². The molecule has 0 spiro atoms. The highest BCUT2D eigenvalue weighted by molar-refractivity contribution is 6.12. The van der Waals surface area contributed by atoms with E-state index in [4.69, 9.17) is 4.84 Å². The summed E-state index contributed by atoms with van der Waals surface area (Å²) >= 11 is 0. The minimum absolute atomic E-state index is 0.0466. The molecule has 7 nitrogen and oxygen atoms in total. The van der Waals surface area contributed by atoms with Crippen molar-refractivity contribution in [3.8, 4) is 0 Å². The first-order chi connectivity index (χ1) is 14.9. The molecule has 0 atom stereocenters. The summed E-state index contributed by atoms with van der Waals surface area (Å²) < 4.78 is 2.18. The van der Waals surface area contributed by atoms with Crippen LogP contribution in [-0.4, -0.2) is 21.2 Å². The highest BCUT2D eigenvalue weighted by Crippen LogP contribution is 2.33. The van der Waals surface area contributed by atoms with Gasteiger partial charge in [0.05, 0.1) is 10.6 Å². The molecule has 0 amide bonds. The van der Waals surface area contributed by atoms with Gasteiger partial charge in [-0.2, -0.15) is 0 Å². The summed E-state index contributed by atoms with van der Waals surface area (Å²) in [6, 6.07) is 21.0. The average molecular weight is 415 g/mol.